The van der Waals surface area contributed by atoms with Crippen LogP contribution in [0.15, 0.2) is 0 Å². The van der Waals surface area contributed by atoms with Crippen molar-refractivity contribution < 1.29 is 14.9 Å². The Morgan fingerprint density at radius 3 is 1.54 bits per heavy atom. The maximum Gasteiger partial charge on any atom is 0.0839 e. The summed E-state index contributed by atoms with van der Waals surface area (Å²) >= 11 is 0. The Kier molecular flexibility index (Phi) is 2.86. The third-order valence-electron chi connectivity index (χ3n) is 3.18. The Balaban J connectivity index is 1.82. The van der Waals surface area contributed by atoms with Gasteiger partial charge in [0, 0.05) is 0 Å². The van der Waals surface area contributed by atoms with Crippen LogP contribution in [0.1, 0.15) is 38.5 Å². The Morgan fingerprint density at radius 1 is 0.769 bits per heavy atom. The first kappa shape index (κ1) is 9.44. The van der Waals surface area contributed by atoms with Gasteiger partial charge in [-0.1, -0.05) is 0 Å². The van der Waals surface area contributed by atoms with Crippen molar-refractivity contribution in [2.75, 3.05) is 0 Å². The van der Waals surface area contributed by atoms with Crippen LogP contribution in [-0.2, 0) is 4.74 Å². The lowest BCUT2D eigenvalue weighted by atomic mass is 10.2. The summed E-state index contributed by atoms with van der Waals surface area (Å²) in [6, 6.07) is 0. The third-order valence-corrected chi connectivity index (χ3v) is 3.18. The van der Waals surface area contributed by atoms with E-state index in [2.05, 4.69) is 0 Å². The summed E-state index contributed by atoms with van der Waals surface area (Å²) in [4.78, 5) is 0. The molecule has 4 atom stereocenters. The van der Waals surface area contributed by atoms with Crippen LogP contribution in [0.5, 0.6) is 0 Å². The summed E-state index contributed by atoms with van der Waals surface area (Å²) in [6.07, 6.45) is 5.08. The summed E-state index contributed by atoms with van der Waals surface area (Å²) in [6.45, 7) is 0. The molecule has 0 radical (unpaired) electrons. The molecule has 3 nitrogen and oxygen atoms in total. The molecule has 0 amide bonds. The van der Waals surface area contributed by atoms with Crippen molar-refractivity contribution in [1.82, 2.24) is 0 Å². The molecule has 3 heteroatoms. The second-order valence-corrected chi connectivity index (χ2v) is 4.21. The van der Waals surface area contributed by atoms with Crippen molar-refractivity contribution >= 4 is 0 Å². The molecular weight excluding hydrogens is 168 g/mol. The molecule has 2 N–H and O–H groups in total. The minimum absolute atomic E-state index is 0.0160. The van der Waals surface area contributed by atoms with E-state index in [1.54, 1.807) is 0 Å². The molecule has 76 valence electrons. The Labute approximate surface area is 78.7 Å². The summed E-state index contributed by atoms with van der Waals surface area (Å²) < 4.78 is 5.70. The number of hydrogen-bond acceptors (Lipinski definition) is 3. The van der Waals surface area contributed by atoms with E-state index in [0.717, 1.165) is 38.5 Å². The van der Waals surface area contributed by atoms with E-state index in [9.17, 15) is 10.2 Å². The van der Waals surface area contributed by atoms with Crippen LogP contribution in [-0.4, -0.2) is 34.6 Å². The molecule has 0 bridgehead atoms. The predicted octanol–water partition coefficient (Wildman–Crippen LogP) is 0.830. The molecule has 0 heterocycles. The van der Waals surface area contributed by atoms with Crippen molar-refractivity contribution in [3.63, 3.8) is 0 Å². The zero-order chi connectivity index (χ0) is 9.26. The molecule has 4 unspecified atom stereocenters. The number of rotatable bonds is 2. The van der Waals surface area contributed by atoms with Crippen LogP contribution >= 0.6 is 0 Å². The molecule has 0 aromatic heterocycles. The molecular formula is C10H18O3. The van der Waals surface area contributed by atoms with Gasteiger partial charge in [-0.2, -0.15) is 0 Å². The Bertz CT molecular complexity index is 154. The van der Waals surface area contributed by atoms with Crippen LogP contribution in [0.3, 0.4) is 0 Å². The van der Waals surface area contributed by atoms with E-state index >= 15 is 0 Å². The fraction of sp³-hybridized carbons (Fsp3) is 1.00. The highest BCUT2D eigenvalue weighted by Crippen LogP contribution is 2.29. The van der Waals surface area contributed by atoms with E-state index in [1.807, 2.05) is 0 Å². The SMILES string of the molecule is OC1CCCC1OC1CCCC1O. The second kappa shape index (κ2) is 3.95. The van der Waals surface area contributed by atoms with Crippen molar-refractivity contribution in [3.8, 4) is 0 Å². The molecule has 0 aromatic carbocycles. The van der Waals surface area contributed by atoms with Crippen molar-refractivity contribution in [3.05, 3.63) is 0 Å². The van der Waals surface area contributed by atoms with E-state index in [1.165, 1.54) is 0 Å². The van der Waals surface area contributed by atoms with Gasteiger partial charge in [-0.3, -0.25) is 0 Å². The molecule has 2 saturated carbocycles. The molecule has 2 rings (SSSR count). The summed E-state index contributed by atoms with van der Waals surface area (Å²) in [5.74, 6) is 0. The lowest BCUT2D eigenvalue weighted by Gasteiger charge is -2.22. The van der Waals surface area contributed by atoms with Gasteiger partial charge in [-0.05, 0) is 38.5 Å². The molecule has 0 aliphatic heterocycles. The van der Waals surface area contributed by atoms with Crippen LogP contribution < -0.4 is 0 Å². The van der Waals surface area contributed by atoms with Crippen molar-refractivity contribution in [2.45, 2.75) is 62.9 Å². The van der Waals surface area contributed by atoms with Crippen molar-refractivity contribution in [1.29, 1.82) is 0 Å². The fourth-order valence-corrected chi connectivity index (χ4v) is 2.35. The Morgan fingerprint density at radius 2 is 1.23 bits per heavy atom. The lowest BCUT2D eigenvalue weighted by molar-refractivity contribution is -0.0938. The molecule has 0 spiro atoms. The standard InChI is InChI=1S/C10H18O3/c11-7-3-1-5-9(7)13-10-6-2-4-8(10)12/h7-12H,1-6H2. The molecule has 0 aromatic rings. The molecule has 13 heavy (non-hydrogen) atoms. The van der Waals surface area contributed by atoms with E-state index in [-0.39, 0.29) is 24.4 Å². The molecule has 2 fully saturated rings. The van der Waals surface area contributed by atoms with Gasteiger partial charge in [-0.25, -0.2) is 0 Å². The number of hydrogen-bond donors (Lipinski definition) is 2. The van der Waals surface area contributed by atoms with E-state index < -0.39 is 0 Å². The number of ether oxygens (including phenoxy) is 1. The van der Waals surface area contributed by atoms with Gasteiger partial charge in [0.05, 0.1) is 24.4 Å². The summed E-state index contributed by atoms with van der Waals surface area (Å²) in [5.41, 5.74) is 0. The lowest BCUT2D eigenvalue weighted by Crippen LogP contribution is -2.32. The first-order valence-electron chi connectivity index (χ1n) is 5.29. The highest BCUT2D eigenvalue weighted by atomic mass is 16.5. The third kappa shape index (κ3) is 2.03. The van der Waals surface area contributed by atoms with Crippen molar-refractivity contribution in [2.24, 2.45) is 0 Å². The number of aliphatic hydroxyl groups is 2. The minimum Gasteiger partial charge on any atom is -0.390 e. The zero-order valence-electron chi connectivity index (χ0n) is 7.85. The minimum atomic E-state index is -0.298. The maximum absolute atomic E-state index is 9.53. The molecule has 0 saturated heterocycles. The first-order valence-corrected chi connectivity index (χ1v) is 5.29. The first-order chi connectivity index (χ1) is 6.27. The summed E-state index contributed by atoms with van der Waals surface area (Å²) in [7, 11) is 0. The summed E-state index contributed by atoms with van der Waals surface area (Å²) in [5, 5.41) is 19.1. The van der Waals surface area contributed by atoms with Gasteiger partial charge >= 0.3 is 0 Å². The topological polar surface area (TPSA) is 49.7 Å². The average molecular weight is 186 g/mol. The quantitative estimate of drug-likeness (QED) is 0.671. The van der Waals surface area contributed by atoms with Crippen LogP contribution in [0, 0.1) is 0 Å². The zero-order valence-corrected chi connectivity index (χ0v) is 7.85. The Hall–Kier alpha value is -0.120. The van der Waals surface area contributed by atoms with E-state index in [0.29, 0.717) is 0 Å². The smallest absolute Gasteiger partial charge is 0.0839 e. The maximum atomic E-state index is 9.53. The van der Waals surface area contributed by atoms with Crippen LogP contribution in [0.4, 0.5) is 0 Å². The fourth-order valence-electron chi connectivity index (χ4n) is 2.35. The van der Waals surface area contributed by atoms with Crippen LogP contribution in [0.2, 0.25) is 0 Å². The highest BCUT2D eigenvalue weighted by Gasteiger charge is 2.33. The van der Waals surface area contributed by atoms with Gasteiger partial charge in [0.2, 0.25) is 0 Å². The van der Waals surface area contributed by atoms with Gasteiger partial charge in [0.15, 0.2) is 0 Å². The van der Waals surface area contributed by atoms with Crippen LogP contribution in [0.25, 0.3) is 0 Å². The predicted molar refractivity (Wildman–Crippen MR) is 48.4 cm³/mol. The average Bonchev–Trinajstić information content (AvgIpc) is 2.65. The largest absolute Gasteiger partial charge is 0.390 e. The van der Waals surface area contributed by atoms with Gasteiger partial charge < -0.3 is 14.9 Å². The van der Waals surface area contributed by atoms with E-state index in [4.69, 9.17) is 4.74 Å². The van der Waals surface area contributed by atoms with Gasteiger partial charge in [-0.15, -0.1) is 0 Å². The highest BCUT2D eigenvalue weighted by molar-refractivity contribution is 4.83. The van der Waals surface area contributed by atoms with Gasteiger partial charge in [0.25, 0.3) is 0 Å². The van der Waals surface area contributed by atoms with Gasteiger partial charge in [0.1, 0.15) is 0 Å². The number of aliphatic hydroxyl groups excluding tert-OH is 2. The normalized spacial score (nSPS) is 45.7. The second-order valence-electron chi connectivity index (χ2n) is 4.21. The molecule has 2 aliphatic rings. The molecule has 2 aliphatic carbocycles. The monoisotopic (exact) mass is 186 g/mol.